The lowest BCUT2D eigenvalue weighted by Crippen LogP contribution is -2.24. The molecule has 4 aromatic rings. The highest BCUT2D eigenvalue weighted by Crippen LogP contribution is 2.33. The van der Waals surface area contributed by atoms with Crippen molar-refractivity contribution in [3.63, 3.8) is 0 Å². The highest BCUT2D eigenvalue weighted by Gasteiger charge is 2.17. The molecular formula is C20H14F3N5O3S. The van der Waals surface area contributed by atoms with Gasteiger partial charge in [0.1, 0.15) is 18.0 Å². The van der Waals surface area contributed by atoms with Crippen molar-refractivity contribution in [1.82, 2.24) is 19.3 Å². The largest absolute Gasteiger partial charge is 0.442 e. The van der Waals surface area contributed by atoms with Gasteiger partial charge < -0.3 is 10.5 Å². The van der Waals surface area contributed by atoms with Gasteiger partial charge in [-0.05, 0) is 31.2 Å². The smallest absolute Gasteiger partial charge is 0.350 e. The number of nitrogens with zero attached hydrogens (tertiary/aromatic N) is 4. The van der Waals surface area contributed by atoms with Crippen molar-refractivity contribution >= 4 is 17.2 Å². The number of carbonyl (C=O) groups is 1. The molecule has 12 heteroatoms. The number of hydrogen-bond donors (Lipinski definition) is 1. The summed E-state index contributed by atoms with van der Waals surface area (Å²) < 4.78 is 49.7. The summed E-state index contributed by atoms with van der Waals surface area (Å²) in [5.74, 6) is -3.30. The van der Waals surface area contributed by atoms with Gasteiger partial charge in [0.05, 0.1) is 17.9 Å². The number of benzene rings is 2. The summed E-state index contributed by atoms with van der Waals surface area (Å²) in [5, 5.41) is 4.11. The fraction of sp³-hybridized carbons (Fsp3) is 0.100. The number of amides is 1. The number of primary amides is 1. The highest BCUT2D eigenvalue weighted by molar-refractivity contribution is 7.15. The average Bonchev–Trinajstić information content (AvgIpc) is 3.29. The van der Waals surface area contributed by atoms with Gasteiger partial charge in [-0.3, -0.25) is 9.36 Å². The first-order valence-electron chi connectivity index (χ1n) is 9.07. The number of halogens is 3. The molecule has 0 atom stereocenters. The number of ether oxygens (including phenoxy) is 1. The Bertz CT molecular complexity index is 1380. The second-order valence-electron chi connectivity index (χ2n) is 6.63. The molecule has 0 radical (unpaired) electrons. The van der Waals surface area contributed by atoms with E-state index < -0.39 is 29.0 Å². The Balaban J connectivity index is 1.60. The molecule has 0 aliphatic heterocycles. The Kier molecular flexibility index (Phi) is 5.53. The quantitative estimate of drug-likeness (QED) is 0.475. The molecule has 2 heterocycles. The molecule has 8 nitrogen and oxygen atoms in total. The first-order chi connectivity index (χ1) is 15.2. The van der Waals surface area contributed by atoms with E-state index in [1.54, 1.807) is 6.92 Å². The summed E-state index contributed by atoms with van der Waals surface area (Å²) >= 11 is 0.874. The van der Waals surface area contributed by atoms with Crippen LogP contribution in [0.5, 0.6) is 10.8 Å². The molecule has 0 fully saturated rings. The van der Waals surface area contributed by atoms with E-state index in [0.717, 1.165) is 45.1 Å². The van der Waals surface area contributed by atoms with Gasteiger partial charge in [0.25, 0.3) is 5.91 Å². The van der Waals surface area contributed by atoms with Crippen molar-refractivity contribution in [3.05, 3.63) is 86.9 Å². The normalized spacial score (nSPS) is 11.0. The predicted molar refractivity (Wildman–Crippen MR) is 109 cm³/mol. The Labute approximate surface area is 182 Å². The van der Waals surface area contributed by atoms with Crippen molar-refractivity contribution in [3.8, 4) is 16.5 Å². The van der Waals surface area contributed by atoms with Gasteiger partial charge in [0.15, 0.2) is 16.6 Å². The third-order valence-corrected chi connectivity index (χ3v) is 5.50. The van der Waals surface area contributed by atoms with Gasteiger partial charge in [0, 0.05) is 11.6 Å². The molecule has 32 heavy (non-hydrogen) atoms. The number of aromatic nitrogens is 4. The van der Waals surface area contributed by atoms with Crippen LogP contribution in [-0.2, 0) is 6.54 Å². The van der Waals surface area contributed by atoms with Gasteiger partial charge in [-0.15, -0.1) is 0 Å². The molecule has 164 valence electrons. The fourth-order valence-corrected chi connectivity index (χ4v) is 3.64. The van der Waals surface area contributed by atoms with E-state index in [1.807, 2.05) is 0 Å². The van der Waals surface area contributed by atoms with Gasteiger partial charge >= 0.3 is 5.69 Å². The van der Waals surface area contributed by atoms with Crippen LogP contribution in [0.1, 0.15) is 21.1 Å². The highest BCUT2D eigenvalue weighted by atomic mass is 32.1. The zero-order valence-corrected chi connectivity index (χ0v) is 17.2. The zero-order valence-electron chi connectivity index (χ0n) is 16.4. The SMILES string of the molecule is Cc1nc(C(N)=O)sc1Oc1ccc(-n2ncn(Cc3c(F)cccc3F)c2=O)cc1F. The number of aryl methyl sites for hydroxylation is 1. The van der Waals surface area contributed by atoms with Crippen LogP contribution in [0.2, 0.25) is 0 Å². The van der Waals surface area contributed by atoms with E-state index in [0.29, 0.717) is 5.69 Å². The molecule has 0 bridgehead atoms. The van der Waals surface area contributed by atoms with Gasteiger partial charge in [-0.2, -0.15) is 9.78 Å². The summed E-state index contributed by atoms with van der Waals surface area (Å²) in [6, 6.07) is 7.05. The van der Waals surface area contributed by atoms with Crippen molar-refractivity contribution in [2.45, 2.75) is 13.5 Å². The second kappa shape index (κ2) is 8.30. The monoisotopic (exact) mass is 461 g/mol. The van der Waals surface area contributed by atoms with Crippen molar-refractivity contribution in [2.24, 2.45) is 5.73 Å². The molecule has 2 aromatic carbocycles. The van der Waals surface area contributed by atoms with Crippen LogP contribution >= 0.6 is 11.3 Å². The first kappa shape index (κ1) is 21.3. The molecule has 0 aliphatic rings. The lowest BCUT2D eigenvalue weighted by molar-refractivity contribution is 0.0999. The number of hydrogen-bond acceptors (Lipinski definition) is 6. The summed E-state index contributed by atoms with van der Waals surface area (Å²) in [6.07, 6.45) is 1.10. The maximum atomic E-state index is 14.6. The van der Waals surface area contributed by atoms with Crippen LogP contribution in [0.4, 0.5) is 13.2 Å². The molecule has 0 saturated heterocycles. The third-order valence-electron chi connectivity index (χ3n) is 4.45. The van der Waals surface area contributed by atoms with Gasteiger partial charge in [-0.1, -0.05) is 17.4 Å². The van der Waals surface area contributed by atoms with Crippen LogP contribution < -0.4 is 16.2 Å². The minimum Gasteiger partial charge on any atom is -0.442 e. The van der Waals surface area contributed by atoms with Crippen LogP contribution in [0, 0.1) is 24.4 Å². The van der Waals surface area contributed by atoms with Crippen LogP contribution in [0.15, 0.2) is 47.5 Å². The maximum absolute atomic E-state index is 14.6. The Morgan fingerprint density at radius 3 is 2.50 bits per heavy atom. The van der Waals surface area contributed by atoms with Crippen LogP contribution in [0.25, 0.3) is 5.69 Å². The Hall–Kier alpha value is -3.93. The molecule has 0 unspecified atom stereocenters. The van der Waals surface area contributed by atoms with E-state index in [2.05, 4.69) is 10.1 Å². The lowest BCUT2D eigenvalue weighted by atomic mass is 10.2. The molecule has 2 aromatic heterocycles. The molecule has 0 saturated carbocycles. The van der Waals surface area contributed by atoms with Crippen molar-refractivity contribution in [2.75, 3.05) is 0 Å². The lowest BCUT2D eigenvalue weighted by Gasteiger charge is -2.07. The van der Waals surface area contributed by atoms with E-state index in [1.165, 1.54) is 18.2 Å². The van der Waals surface area contributed by atoms with E-state index in [9.17, 15) is 22.8 Å². The third kappa shape index (κ3) is 3.99. The molecule has 2 N–H and O–H groups in total. The number of nitrogens with two attached hydrogens (primary N) is 1. The van der Waals surface area contributed by atoms with Crippen molar-refractivity contribution < 1.29 is 22.7 Å². The maximum Gasteiger partial charge on any atom is 0.350 e. The fourth-order valence-electron chi connectivity index (χ4n) is 2.86. The predicted octanol–water partition coefficient (Wildman–Crippen LogP) is 3.16. The Morgan fingerprint density at radius 2 is 1.88 bits per heavy atom. The van der Waals surface area contributed by atoms with Gasteiger partial charge in [-0.25, -0.2) is 22.9 Å². The number of carbonyl (C=O) groups excluding carboxylic acids is 1. The molecule has 0 spiro atoms. The van der Waals surface area contributed by atoms with E-state index in [-0.39, 0.29) is 33.6 Å². The zero-order chi connectivity index (χ0) is 23.0. The Morgan fingerprint density at radius 1 is 1.16 bits per heavy atom. The first-order valence-corrected chi connectivity index (χ1v) is 9.88. The molecule has 1 amide bonds. The second-order valence-corrected chi connectivity index (χ2v) is 7.59. The summed E-state index contributed by atoms with van der Waals surface area (Å²) in [5.41, 5.74) is 4.61. The summed E-state index contributed by atoms with van der Waals surface area (Å²) in [7, 11) is 0. The topological polar surface area (TPSA) is 105 Å². The molecule has 4 rings (SSSR count). The average molecular weight is 461 g/mol. The number of rotatable bonds is 6. The standard InChI is InChI=1S/C20H14F3N5O3S/c1-10-19(32-18(26-10)17(24)29)31-16-6-5-11(7-15(16)23)28-20(30)27(9-25-28)8-12-13(21)3-2-4-14(12)22/h2-7,9H,8H2,1H3,(H2,24,29). The minimum absolute atomic E-state index is 0.0258. The van der Waals surface area contributed by atoms with Crippen LogP contribution in [-0.4, -0.2) is 25.2 Å². The van der Waals surface area contributed by atoms with Gasteiger partial charge in [0.2, 0.25) is 5.06 Å². The van der Waals surface area contributed by atoms with E-state index in [4.69, 9.17) is 10.5 Å². The molecular weight excluding hydrogens is 447 g/mol. The van der Waals surface area contributed by atoms with Crippen LogP contribution in [0.3, 0.4) is 0 Å². The number of thiazole rings is 1. The minimum atomic E-state index is -0.808. The summed E-state index contributed by atoms with van der Waals surface area (Å²) in [6.45, 7) is 1.20. The molecule has 0 aliphatic carbocycles. The van der Waals surface area contributed by atoms with Crippen molar-refractivity contribution in [1.29, 1.82) is 0 Å². The summed E-state index contributed by atoms with van der Waals surface area (Å²) in [4.78, 5) is 27.8. The van der Waals surface area contributed by atoms with E-state index >= 15 is 0 Å².